The summed E-state index contributed by atoms with van der Waals surface area (Å²) in [5, 5.41) is 0. The van der Waals surface area contributed by atoms with Crippen molar-refractivity contribution in [1.82, 2.24) is 9.21 Å². The number of hydrogen-bond acceptors (Lipinski definition) is 4. The maximum Gasteiger partial charge on any atom is 0.211 e. The van der Waals surface area contributed by atoms with E-state index < -0.39 is 10.0 Å². The van der Waals surface area contributed by atoms with Crippen LogP contribution >= 0.6 is 0 Å². The van der Waals surface area contributed by atoms with Gasteiger partial charge in [-0.15, -0.1) is 0 Å². The molecule has 0 aromatic heterocycles. The maximum absolute atomic E-state index is 11.7. The van der Waals surface area contributed by atoms with Crippen molar-refractivity contribution in [2.75, 3.05) is 39.0 Å². The van der Waals surface area contributed by atoms with Gasteiger partial charge in [0.25, 0.3) is 0 Å². The highest BCUT2D eigenvalue weighted by molar-refractivity contribution is 7.88. The van der Waals surface area contributed by atoms with Crippen LogP contribution in [0, 0.1) is 5.92 Å². The van der Waals surface area contributed by atoms with E-state index in [0.29, 0.717) is 25.6 Å². The van der Waals surface area contributed by atoms with Gasteiger partial charge in [-0.25, -0.2) is 12.7 Å². The van der Waals surface area contributed by atoms with Crippen LogP contribution in [0.5, 0.6) is 0 Å². The van der Waals surface area contributed by atoms with Gasteiger partial charge in [-0.05, 0) is 45.1 Å². The summed E-state index contributed by atoms with van der Waals surface area (Å²) in [6, 6.07) is 0. The van der Waals surface area contributed by atoms with Crippen molar-refractivity contribution in [3.8, 4) is 0 Å². The van der Waals surface area contributed by atoms with E-state index >= 15 is 0 Å². The molecule has 5 nitrogen and oxygen atoms in total. The first-order chi connectivity index (χ1) is 9.76. The molecule has 2 atom stereocenters. The number of nitrogens with two attached hydrogens (primary N) is 1. The number of rotatable bonds is 8. The molecular weight excluding hydrogens is 286 g/mol. The Morgan fingerprint density at radius 1 is 1.38 bits per heavy atom. The Bertz CT molecular complexity index is 407. The molecule has 0 aromatic rings. The predicted molar refractivity (Wildman–Crippen MR) is 88.8 cm³/mol. The molecule has 1 aliphatic rings. The lowest BCUT2D eigenvalue weighted by Gasteiger charge is -2.43. The molecule has 0 saturated carbocycles. The highest BCUT2D eigenvalue weighted by Crippen LogP contribution is 2.25. The van der Waals surface area contributed by atoms with E-state index in [-0.39, 0.29) is 5.54 Å². The molecule has 0 bridgehead atoms. The Morgan fingerprint density at radius 3 is 2.52 bits per heavy atom. The van der Waals surface area contributed by atoms with Gasteiger partial charge in [0.1, 0.15) is 0 Å². The van der Waals surface area contributed by atoms with Gasteiger partial charge in [-0.1, -0.05) is 13.8 Å². The van der Waals surface area contributed by atoms with Gasteiger partial charge in [-0.3, -0.25) is 4.90 Å². The molecule has 2 unspecified atom stereocenters. The molecule has 1 saturated heterocycles. The van der Waals surface area contributed by atoms with Gasteiger partial charge in [0.15, 0.2) is 0 Å². The standard InChI is InChI=1S/C15H33N3O2S/c1-5-9-17(15(3,6-2)13-16)11-14-8-7-10-18(12-14)21(4,19)20/h14H,5-13,16H2,1-4H3. The van der Waals surface area contributed by atoms with Crippen molar-refractivity contribution >= 4 is 10.0 Å². The van der Waals surface area contributed by atoms with Gasteiger partial charge >= 0.3 is 0 Å². The number of piperidine rings is 1. The molecule has 0 aliphatic carbocycles. The largest absolute Gasteiger partial charge is 0.329 e. The van der Waals surface area contributed by atoms with Crippen molar-refractivity contribution in [2.24, 2.45) is 11.7 Å². The van der Waals surface area contributed by atoms with Gasteiger partial charge in [-0.2, -0.15) is 0 Å². The van der Waals surface area contributed by atoms with Crippen molar-refractivity contribution in [1.29, 1.82) is 0 Å². The molecule has 1 rings (SSSR count). The Balaban J connectivity index is 2.75. The first-order valence-electron chi connectivity index (χ1n) is 8.17. The lowest BCUT2D eigenvalue weighted by Crippen LogP contribution is -2.54. The summed E-state index contributed by atoms with van der Waals surface area (Å²) in [6.07, 6.45) is 5.50. The van der Waals surface area contributed by atoms with Crippen LogP contribution in [-0.4, -0.2) is 62.1 Å². The summed E-state index contributed by atoms with van der Waals surface area (Å²) in [5.74, 6) is 0.414. The van der Waals surface area contributed by atoms with Gasteiger partial charge in [0.05, 0.1) is 6.26 Å². The molecule has 2 N–H and O–H groups in total. The molecule has 0 radical (unpaired) electrons. The summed E-state index contributed by atoms with van der Waals surface area (Å²) in [5.41, 5.74) is 6.02. The second kappa shape index (κ2) is 7.90. The van der Waals surface area contributed by atoms with Crippen LogP contribution in [0.15, 0.2) is 0 Å². The Kier molecular flexibility index (Phi) is 7.10. The van der Waals surface area contributed by atoms with E-state index in [1.807, 2.05) is 0 Å². The average molecular weight is 320 g/mol. The van der Waals surface area contributed by atoms with Crippen molar-refractivity contribution < 1.29 is 8.42 Å². The van der Waals surface area contributed by atoms with Gasteiger partial charge < -0.3 is 5.73 Å². The topological polar surface area (TPSA) is 66.6 Å². The molecule has 21 heavy (non-hydrogen) atoms. The van der Waals surface area contributed by atoms with E-state index in [0.717, 1.165) is 38.8 Å². The van der Waals surface area contributed by atoms with Crippen LogP contribution in [0.3, 0.4) is 0 Å². The zero-order valence-corrected chi connectivity index (χ0v) is 15.0. The summed E-state index contributed by atoms with van der Waals surface area (Å²) >= 11 is 0. The smallest absolute Gasteiger partial charge is 0.211 e. The molecule has 1 aliphatic heterocycles. The quantitative estimate of drug-likeness (QED) is 0.736. The molecule has 126 valence electrons. The van der Waals surface area contributed by atoms with Crippen LogP contribution in [0.1, 0.15) is 46.5 Å². The zero-order chi connectivity index (χ0) is 16.1. The third kappa shape index (κ3) is 5.20. The van der Waals surface area contributed by atoms with E-state index in [1.165, 1.54) is 6.26 Å². The van der Waals surface area contributed by atoms with Gasteiger partial charge in [0.2, 0.25) is 10.0 Å². The lowest BCUT2D eigenvalue weighted by atomic mass is 9.92. The maximum atomic E-state index is 11.7. The molecule has 1 heterocycles. The SMILES string of the molecule is CCCN(CC1CCCN(S(C)(=O)=O)C1)C(C)(CC)CN. The summed E-state index contributed by atoms with van der Waals surface area (Å²) in [6.45, 7) is 10.5. The van der Waals surface area contributed by atoms with Crippen LogP contribution in [0.4, 0.5) is 0 Å². The highest BCUT2D eigenvalue weighted by Gasteiger charge is 2.32. The van der Waals surface area contributed by atoms with Crippen molar-refractivity contribution in [3.05, 3.63) is 0 Å². The number of nitrogens with zero attached hydrogens (tertiary/aromatic N) is 2. The molecule has 0 spiro atoms. The third-order valence-corrected chi connectivity index (χ3v) is 6.16. The van der Waals surface area contributed by atoms with Crippen molar-refractivity contribution in [3.63, 3.8) is 0 Å². The predicted octanol–water partition coefficient (Wildman–Crippen LogP) is 1.50. The fourth-order valence-electron chi connectivity index (χ4n) is 3.14. The monoisotopic (exact) mass is 319 g/mol. The van der Waals surface area contributed by atoms with E-state index in [1.54, 1.807) is 4.31 Å². The second-order valence-electron chi connectivity index (χ2n) is 6.63. The average Bonchev–Trinajstić information content (AvgIpc) is 2.45. The number of hydrogen-bond donors (Lipinski definition) is 1. The molecule has 0 aromatic carbocycles. The molecule has 0 amide bonds. The second-order valence-corrected chi connectivity index (χ2v) is 8.61. The highest BCUT2D eigenvalue weighted by atomic mass is 32.2. The van der Waals surface area contributed by atoms with Crippen LogP contribution < -0.4 is 5.73 Å². The summed E-state index contributed by atoms with van der Waals surface area (Å²) in [7, 11) is -3.06. The minimum Gasteiger partial charge on any atom is -0.329 e. The number of sulfonamides is 1. The summed E-state index contributed by atoms with van der Waals surface area (Å²) in [4.78, 5) is 2.48. The van der Waals surface area contributed by atoms with E-state index in [4.69, 9.17) is 5.73 Å². The van der Waals surface area contributed by atoms with Crippen LogP contribution in [-0.2, 0) is 10.0 Å². The first-order valence-corrected chi connectivity index (χ1v) is 10.0. The lowest BCUT2D eigenvalue weighted by molar-refractivity contribution is 0.0727. The van der Waals surface area contributed by atoms with Crippen LogP contribution in [0.2, 0.25) is 0 Å². The molecule has 1 fully saturated rings. The minimum atomic E-state index is -3.06. The van der Waals surface area contributed by atoms with Crippen LogP contribution in [0.25, 0.3) is 0 Å². The third-order valence-electron chi connectivity index (χ3n) is 4.89. The normalized spacial score (nSPS) is 24.2. The molecule has 6 heteroatoms. The van der Waals surface area contributed by atoms with Crippen molar-refractivity contribution in [2.45, 2.75) is 52.0 Å². The fourth-order valence-corrected chi connectivity index (χ4v) is 4.08. The Hall–Kier alpha value is -0.170. The first kappa shape index (κ1) is 18.9. The zero-order valence-electron chi connectivity index (χ0n) is 14.1. The molecular formula is C15H33N3O2S. The Labute approximate surface area is 130 Å². The Morgan fingerprint density at radius 2 is 2.05 bits per heavy atom. The van der Waals surface area contributed by atoms with E-state index in [2.05, 4.69) is 25.7 Å². The minimum absolute atomic E-state index is 0.0172. The fraction of sp³-hybridized carbons (Fsp3) is 1.00. The van der Waals surface area contributed by atoms with E-state index in [9.17, 15) is 8.42 Å². The van der Waals surface area contributed by atoms with Gasteiger partial charge in [0, 0.05) is 31.7 Å². The summed E-state index contributed by atoms with van der Waals surface area (Å²) < 4.78 is 25.1.